The number of guanidine groups is 1. The SMILES string of the molecule is CN=C(NCCCOC1CCOC1)NCC1CCCN(C(=O)OC(C)(C)C)C1.I. The van der Waals surface area contributed by atoms with Crippen molar-refractivity contribution >= 4 is 36.0 Å². The van der Waals surface area contributed by atoms with Gasteiger partial charge < -0.3 is 29.7 Å². The van der Waals surface area contributed by atoms with E-state index in [0.29, 0.717) is 5.92 Å². The third-order valence-corrected chi connectivity index (χ3v) is 4.81. The number of hydrogen-bond donors (Lipinski definition) is 2. The molecule has 0 saturated carbocycles. The summed E-state index contributed by atoms with van der Waals surface area (Å²) < 4.78 is 16.6. The number of aliphatic imine (C=N–C) groups is 1. The summed E-state index contributed by atoms with van der Waals surface area (Å²) in [5.74, 6) is 1.18. The Morgan fingerprint density at radius 3 is 2.72 bits per heavy atom. The molecular formula is C20H39IN4O4. The molecule has 0 radical (unpaired) electrons. The van der Waals surface area contributed by atoms with Gasteiger partial charge >= 0.3 is 6.09 Å². The van der Waals surface area contributed by atoms with Gasteiger partial charge in [-0.25, -0.2) is 4.79 Å². The van der Waals surface area contributed by atoms with Crippen LogP contribution in [0.2, 0.25) is 0 Å². The Morgan fingerprint density at radius 2 is 2.07 bits per heavy atom. The number of piperidine rings is 1. The molecule has 0 aromatic carbocycles. The van der Waals surface area contributed by atoms with E-state index in [1.54, 1.807) is 7.05 Å². The molecule has 9 heteroatoms. The molecule has 0 bridgehead atoms. The molecule has 2 aliphatic rings. The maximum atomic E-state index is 12.3. The van der Waals surface area contributed by atoms with Gasteiger partial charge in [-0.2, -0.15) is 0 Å². The van der Waals surface area contributed by atoms with Gasteiger partial charge in [0.25, 0.3) is 0 Å². The normalized spacial score (nSPS) is 22.8. The molecule has 2 heterocycles. The lowest BCUT2D eigenvalue weighted by Crippen LogP contribution is -2.47. The maximum absolute atomic E-state index is 12.3. The molecule has 2 fully saturated rings. The van der Waals surface area contributed by atoms with Crippen LogP contribution in [0.15, 0.2) is 4.99 Å². The molecule has 29 heavy (non-hydrogen) atoms. The minimum Gasteiger partial charge on any atom is -0.444 e. The first-order valence-corrected chi connectivity index (χ1v) is 10.5. The van der Waals surface area contributed by atoms with E-state index in [9.17, 15) is 4.79 Å². The number of carbonyl (C=O) groups excluding carboxylic acids is 1. The molecule has 1 amide bonds. The maximum Gasteiger partial charge on any atom is 0.410 e. The van der Waals surface area contributed by atoms with Crippen molar-refractivity contribution in [2.24, 2.45) is 10.9 Å². The predicted molar refractivity (Wildman–Crippen MR) is 125 cm³/mol. The fourth-order valence-corrected chi connectivity index (χ4v) is 3.36. The minimum atomic E-state index is -0.456. The van der Waals surface area contributed by atoms with E-state index in [4.69, 9.17) is 14.2 Å². The smallest absolute Gasteiger partial charge is 0.410 e. The van der Waals surface area contributed by atoms with E-state index in [1.165, 1.54) is 0 Å². The third kappa shape index (κ3) is 10.7. The second-order valence-electron chi connectivity index (χ2n) is 8.52. The van der Waals surface area contributed by atoms with Crippen LogP contribution in [0.1, 0.15) is 46.5 Å². The van der Waals surface area contributed by atoms with Crippen LogP contribution in [0.5, 0.6) is 0 Å². The molecule has 2 atom stereocenters. The number of nitrogens with one attached hydrogen (secondary N) is 2. The van der Waals surface area contributed by atoms with E-state index in [0.717, 1.165) is 77.6 Å². The number of halogens is 1. The summed E-state index contributed by atoms with van der Waals surface area (Å²) in [5.41, 5.74) is -0.456. The van der Waals surface area contributed by atoms with Crippen molar-refractivity contribution in [3.05, 3.63) is 0 Å². The average molecular weight is 526 g/mol. The monoisotopic (exact) mass is 526 g/mol. The summed E-state index contributed by atoms with van der Waals surface area (Å²) in [5, 5.41) is 6.70. The second-order valence-corrected chi connectivity index (χ2v) is 8.52. The second kappa shape index (κ2) is 13.5. The largest absolute Gasteiger partial charge is 0.444 e. The zero-order chi connectivity index (χ0) is 20.4. The lowest BCUT2D eigenvalue weighted by Gasteiger charge is -2.34. The van der Waals surface area contributed by atoms with E-state index in [2.05, 4.69) is 15.6 Å². The summed E-state index contributed by atoms with van der Waals surface area (Å²) >= 11 is 0. The topological polar surface area (TPSA) is 84.4 Å². The van der Waals surface area contributed by atoms with Crippen LogP contribution in [0.4, 0.5) is 4.79 Å². The van der Waals surface area contributed by atoms with Gasteiger partial charge in [-0.05, 0) is 52.4 Å². The van der Waals surface area contributed by atoms with Crippen LogP contribution in [0.25, 0.3) is 0 Å². The number of nitrogens with zero attached hydrogens (tertiary/aromatic N) is 2. The Kier molecular flexibility index (Phi) is 12.2. The Balaban J connectivity index is 0.00000420. The summed E-state index contributed by atoms with van der Waals surface area (Å²) in [6, 6.07) is 0. The van der Waals surface area contributed by atoms with E-state index in [-0.39, 0.29) is 36.2 Å². The molecule has 0 spiro atoms. The van der Waals surface area contributed by atoms with Gasteiger partial charge in [0.15, 0.2) is 5.96 Å². The van der Waals surface area contributed by atoms with Crippen LogP contribution in [-0.4, -0.2) is 81.7 Å². The average Bonchev–Trinajstić information content (AvgIpc) is 3.16. The van der Waals surface area contributed by atoms with Crippen molar-refractivity contribution in [1.82, 2.24) is 15.5 Å². The number of ether oxygens (including phenoxy) is 3. The van der Waals surface area contributed by atoms with Crippen LogP contribution >= 0.6 is 24.0 Å². The fourth-order valence-electron chi connectivity index (χ4n) is 3.36. The van der Waals surface area contributed by atoms with Crippen LogP contribution < -0.4 is 10.6 Å². The Morgan fingerprint density at radius 1 is 1.28 bits per heavy atom. The molecule has 2 saturated heterocycles. The fraction of sp³-hybridized carbons (Fsp3) is 0.900. The first kappa shape index (κ1) is 26.2. The Hall–Kier alpha value is -0.810. The van der Waals surface area contributed by atoms with Crippen molar-refractivity contribution in [3.8, 4) is 0 Å². The number of hydrogen-bond acceptors (Lipinski definition) is 5. The third-order valence-electron chi connectivity index (χ3n) is 4.81. The molecule has 0 aromatic rings. The van der Waals surface area contributed by atoms with Crippen molar-refractivity contribution in [2.75, 3.05) is 53.0 Å². The van der Waals surface area contributed by atoms with Gasteiger partial charge in [-0.3, -0.25) is 4.99 Å². The highest BCUT2D eigenvalue weighted by molar-refractivity contribution is 14.0. The zero-order valence-electron chi connectivity index (χ0n) is 18.4. The van der Waals surface area contributed by atoms with Gasteiger partial charge in [0.2, 0.25) is 0 Å². The van der Waals surface area contributed by atoms with E-state index < -0.39 is 5.60 Å². The van der Waals surface area contributed by atoms with Gasteiger partial charge in [0, 0.05) is 46.4 Å². The van der Waals surface area contributed by atoms with Crippen LogP contribution in [-0.2, 0) is 14.2 Å². The van der Waals surface area contributed by atoms with Crippen molar-refractivity contribution < 1.29 is 19.0 Å². The van der Waals surface area contributed by atoms with Gasteiger partial charge in [0.1, 0.15) is 5.60 Å². The van der Waals surface area contributed by atoms with Crippen molar-refractivity contribution in [3.63, 3.8) is 0 Å². The quantitative estimate of drug-likeness (QED) is 0.230. The first-order chi connectivity index (χ1) is 13.4. The lowest BCUT2D eigenvalue weighted by molar-refractivity contribution is 0.0168. The minimum absolute atomic E-state index is 0. The van der Waals surface area contributed by atoms with Crippen molar-refractivity contribution in [1.29, 1.82) is 0 Å². The van der Waals surface area contributed by atoms with Crippen LogP contribution in [0.3, 0.4) is 0 Å². The Labute approximate surface area is 192 Å². The van der Waals surface area contributed by atoms with E-state index >= 15 is 0 Å². The molecule has 0 aromatic heterocycles. The molecular weight excluding hydrogens is 487 g/mol. The first-order valence-electron chi connectivity index (χ1n) is 10.5. The summed E-state index contributed by atoms with van der Waals surface area (Å²) in [6.45, 7) is 11.0. The zero-order valence-corrected chi connectivity index (χ0v) is 20.7. The summed E-state index contributed by atoms with van der Waals surface area (Å²) in [4.78, 5) is 18.4. The highest BCUT2D eigenvalue weighted by atomic mass is 127. The van der Waals surface area contributed by atoms with Gasteiger partial charge in [-0.1, -0.05) is 0 Å². The highest BCUT2D eigenvalue weighted by Crippen LogP contribution is 2.18. The molecule has 0 aliphatic carbocycles. The number of carbonyl (C=O) groups is 1. The lowest BCUT2D eigenvalue weighted by atomic mass is 9.98. The number of rotatable bonds is 7. The molecule has 170 valence electrons. The molecule has 2 rings (SSSR count). The van der Waals surface area contributed by atoms with Crippen molar-refractivity contribution in [2.45, 2.75) is 58.2 Å². The number of amides is 1. The molecule has 2 unspecified atom stereocenters. The standard InChI is InChI=1S/C20H38N4O4.HI/c1-20(2,3)28-19(25)24-10-5-7-16(14-24)13-23-18(21-4)22-9-6-11-27-17-8-12-26-15-17;/h16-17H,5-15H2,1-4H3,(H2,21,22,23);1H. The predicted octanol–water partition coefficient (Wildman–Crippen LogP) is 2.61. The van der Waals surface area contributed by atoms with Crippen LogP contribution in [0, 0.1) is 5.92 Å². The van der Waals surface area contributed by atoms with E-state index in [1.807, 2.05) is 25.7 Å². The van der Waals surface area contributed by atoms with Gasteiger partial charge in [0.05, 0.1) is 12.7 Å². The highest BCUT2D eigenvalue weighted by Gasteiger charge is 2.27. The molecule has 2 aliphatic heterocycles. The molecule has 8 nitrogen and oxygen atoms in total. The van der Waals surface area contributed by atoms with Gasteiger partial charge in [-0.15, -0.1) is 24.0 Å². The molecule has 2 N–H and O–H groups in total. The Bertz CT molecular complexity index is 507. The summed E-state index contributed by atoms with van der Waals surface area (Å²) in [7, 11) is 1.77. The summed E-state index contributed by atoms with van der Waals surface area (Å²) in [6.07, 6.45) is 4.07. The number of likely N-dealkylation sites (tertiary alicyclic amines) is 1.